The van der Waals surface area contributed by atoms with Crippen LogP contribution >= 0.6 is 0 Å². The van der Waals surface area contributed by atoms with E-state index in [0.29, 0.717) is 41.6 Å². The number of nitrogens with zero attached hydrogens (tertiary/aromatic N) is 4. The highest BCUT2D eigenvalue weighted by Gasteiger charge is 2.19. The molecule has 0 radical (unpaired) electrons. The molecule has 1 saturated heterocycles. The number of methoxy groups -OCH3 is 4. The Balaban J connectivity index is 0.000000441. The Morgan fingerprint density at radius 2 is 0.946 bits per heavy atom. The molecule has 296 valence electrons. The maximum absolute atomic E-state index is 9.55. The normalized spacial score (nSPS) is 12.8. The molecule has 1 aliphatic rings. The molecule has 1 aliphatic heterocycles. The Bertz CT molecular complexity index is 1900. The van der Waals surface area contributed by atoms with Crippen LogP contribution < -0.4 is 18.9 Å². The third-order valence-electron chi connectivity index (χ3n) is 8.01. The molecule has 0 saturated carbocycles. The molecular formula is C40H44N4O12. The highest BCUT2D eigenvalue weighted by atomic mass is 16.5. The van der Waals surface area contributed by atoms with Crippen LogP contribution in [0.2, 0.25) is 0 Å². The molecular weight excluding hydrogens is 728 g/mol. The molecule has 0 atom stereocenters. The number of piperazine rings is 1. The molecule has 5 rings (SSSR count). The van der Waals surface area contributed by atoms with Gasteiger partial charge in [0.25, 0.3) is 0 Å². The Labute approximate surface area is 323 Å². The Kier molecular flexibility index (Phi) is 17.5. The van der Waals surface area contributed by atoms with Crippen molar-refractivity contribution in [1.29, 1.82) is 0 Å². The fraction of sp³-hybridized carbons (Fsp3) is 0.250. The molecule has 0 unspecified atom stereocenters. The summed E-state index contributed by atoms with van der Waals surface area (Å²) in [7, 11) is 6.54. The number of hydrogen-bond donors (Lipinski definition) is 4. The summed E-state index contributed by atoms with van der Waals surface area (Å²) in [6.07, 6.45) is 6.00. The quantitative estimate of drug-likeness (QED) is 0.129. The monoisotopic (exact) mass is 772 g/mol. The standard InChI is InChI=1S/C32H36N4O4.2C4H4O4/c1-37-27-7-5-25(6-8-27)28-17-23(9-11-33-28)21-35-13-15-36(16-14-35)22-24-10-12-34-29(18-24)26-19-30(38-2)32(40-4)31(20-26)39-3;2*5-3(6)1-2-4(7)8/h5-12,17-20H,13-16,21-22H2,1-4H3;2*1-2H,(H,5,6)(H,7,8)/b;2*2-1+. The van der Waals surface area contributed by atoms with Crippen molar-refractivity contribution in [2.45, 2.75) is 13.1 Å². The number of ether oxygens (including phenoxy) is 4. The van der Waals surface area contributed by atoms with Crippen molar-refractivity contribution >= 4 is 23.9 Å². The number of carboxylic acids is 4. The fourth-order valence-electron chi connectivity index (χ4n) is 5.36. The van der Waals surface area contributed by atoms with Crippen LogP contribution in [0.1, 0.15) is 11.1 Å². The third kappa shape index (κ3) is 14.6. The van der Waals surface area contributed by atoms with Crippen LogP contribution in [0.15, 0.2) is 97.4 Å². The Morgan fingerprint density at radius 3 is 1.29 bits per heavy atom. The van der Waals surface area contributed by atoms with Gasteiger partial charge in [-0.2, -0.15) is 0 Å². The molecule has 3 heterocycles. The van der Waals surface area contributed by atoms with Crippen LogP contribution in [0.5, 0.6) is 23.0 Å². The molecule has 0 spiro atoms. The lowest BCUT2D eigenvalue weighted by Gasteiger charge is -2.34. The van der Waals surface area contributed by atoms with Crippen molar-refractivity contribution in [2.24, 2.45) is 0 Å². The van der Waals surface area contributed by atoms with Crippen molar-refractivity contribution in [1.82, 2.24) is 19.8 Å². The first-order valence-electron chi connectivity index (χ1n) is 16.9. The molecule has 4 aromatic rings. The Hall–Kier alpha value is -6.78. The second-order valence-corrected chi connectivity index (χ2v) is 11.8. The molecule has 2 aromatic heterocycles. The zero-order valence-electron chi connectivity index (χ0n) is 31.3. The van der Waals surface area contributed by atoms with Crippen molar-refractivity contribution in [3.63, 3.8) is 0 Å². The van der Waals surface area contributed by atoms with Gasteiger partial charge in [-0.05, 0) is 71.8 Å². The first-order valence-corrected chi connectivity index (χ1v) is 16.9. The van der Waals surface area contributed by atoms with Gasteiger partial charge in [-0.3, -0.25) is 19.8 Å². The molecule has 16 nitrogen and oxygen atoms in total. The van der Waals surface area contributed by atoms with E-state index in [4.69, 9.17) is 39.4 Å². The van der Waals surface area contributed by atoms with Crippen molar-refractivity contribution in [3.8, 4) is 45.5 Å². The van der Waals surface area contributed by atoms with Crippen LogP contribution in [0.4, 0.5) is 0 Å². The minimum atomic E-state index is -1.26. The maximum Gasteiger partial charge on any atom is 0.328 e. The molecule has 0 amide bonds. The minimum Gasteiger partial charge on any atom is -0.497 e. The van der Waals surface area contributed by atoms with Gasteiger partial charge in [0, 0.05) is 87.1 Å². The number of aliphatic carboxylic acids is 4. The molecule has 16 heteroatoms. The largest absolute Gasteiger partial charge is 0.497 e. The highest BCUT2D eigenvalue weighted by molar-refractivity contribution is 5.90. The third-order valence-corrected chi connectivity index (χ3v) is 8.01. The van der Waals surface area contributed by atoms with Crippen LogP contribution in [-0.2, 0) is 32.3 Å². The molecule has 4 N–H and O–H groups in total. The van der Waals surface area contributed by atoms with E-state index in [9.17, 15) is 19.2 Å². The van der Waals surface area contributed by atoms with E-state index in [-0.39, 0.29) is 0 Å². The predicted octanol–water partition coefficient (Wildman–Crippen LogP) is 4.59. The van der Waals surface area contributed by atoms with E-state index in [1.54, 1.807) is 28.4 Å². The minimum absolute atomic E-state index is 0.558. The van der Waals surface area contributed by atoms with E-state index in [0.717, 1.165) is 67.5 Å². The summed E-state index contributed by atoms with van der Waals surface area (Å²) in [5.74, 6) is -2.37. The number of aromatic nitrogens is 2. The lowest BCUT2D eigenvalue weighted by atomic mass is 10.1. The summed E-state index contributed by atoms with van der Waals surface area (Å²) in [5.41, 5.74) is 6.38. The zero-order chi connectivity index (χ0) is 41.0. The summed E-state index contributed by atoms with van der Waals surface area (Å²) >= 11 is 0. The van der Waals surface area contributed by atoms with Gasteiger partial charge in [-0.1, -0.05) is 0 Å². The first kappa shape index (κ1) is 43.6. The van der Waals surface area contributed by atoms with Crippen molar-refractivity contribution < 1.29 is 58.6 Å². The average molecular weight is 773 g/mol. The van der Waals surface area contributed by atoms with Gasteiger partial charge in [0.2, 0.25) is 5.75 Å². The van der Waals surface area contributed by atoms with Gasteiger partial charge in [0.15, 0.2) is 11.5 Å². The van der Waals surface area contributed by atoms with Gasteiger partial charge >= 0.3 is 23.9 Å². The van der Waals surface area contributed by atoms with Crippen molar-refractivity contribution in [2.75, 3.05) is 54.6 Å². The average Bonchev–Trinajstić information content (AvgIpc) is 3.20. The summed E-state index contributed by atoms with van der Waals surface area (Å²) in [6, 6.07) is 20.5. The highest BCUT2D eigenvalue weighted by Crippen LogP contribution is 2.41. The number of benzene rings is 2. The second kappa shape index (κ2) is 22.4. The number of carbonyl (C=O) groups is 4. The van der Waals surface area contributed by atoms with Crippen molar-refractivity contribution in [3.05, 3.63) is 108 Å². The number of rotatable bonds is 14. The fourth-order valence-corrected chi connectivity index (χ4v) is 5.36. The predicted molar refractivity (Wildman–Crippen MR) is 205 cm³/mol. The molecule has 0 aliphatic carbocycles. The Morgan fingerprint density at radius 1 is 0.554 bits per heavy atom. The summed E-state index contributed by atoms with van der Waals surface area (Å²) < 4.78 is 21.8. The van der Waals surface area contributed by atoms with Crippen LogP contribution in [0, 0.1) is 0 Å². The molecule has 56 heavy (non-hydrogen) atoms. The number of hydrogen-bond acceptors (Lipinski definition) is 12. The summed E-state index contributed by atoms with van der Waals surface area (Å²) in [4.78, 5) is 52.4. The SMILES string of the molecule is COc1ccc(-c2cc(CN3CCN(Cc4ccnc(-c5cc(OC)c(OC)c(OC)c5)c4)CC3)ccn2)cc1.O=C(O)/C=C/C(=O)O.O=C(O)/C=C/C(=O)O. The van der Waals surface area contributed by atoms with Gasteiger partial charge in [-0.25, -0.2) is 19.2 Å². The lowest BCUT2D eigenvalue weighted by molar-refractivity contribution is -0.134. The summed E-state index contributed by atoms with van der Waals surface area (Å²) in [6.45, 7) is 5.86. The number of pyridine rings is 2. The van der Waals surface area contributed by atoms with E-state index < -0.39 is 23.9 Å². The van der Waals surface area contributed by atoms with E-state index in [2.05, 4.69) is 56.2 Å². The number of carboxylic acid groups (broad SMARTS) is 4. The molecule has 1 fully saturated rings. The maximum atomic E-state index is 9.55. The molecule has 2 aromatic carbocycles. The van der Waals surface area contributed by atoms with Crippen LogP contribution in [0.3, 0.4) is 0 Å². The summed E-state index contributed by atoms with van der Waals surface area (Å²) in [5, 5.41) is 31.2. The topological polar surface area (TPSA) is 218 Å². The van der Waals surface area contributed by atoms with Crippen LogP contribution in [0.25, 0.3) is 22.5 Å². The van der Waals surface area contributed by atoms with Gasteiger partial charge in [-0.15, -0.1) is 0 Å². The molecule has 0 bridgehead atoms. The van der Waals surface area contributed by atoms with E-state index in [1.165, 1.54) is 11.1 Å². The van der Waals surface area contributed by atoms with E-state index in [1.807, 2.05) is 36.7 Å². The zero-order valence-corrected chi connectivity index (χ0v) is 31.3. The van der Waals surface area contributed by atoms with E-state index >= 15 is 0 Å². The lowest BCUT2D eigenvalue weighted by Crippen LogP contribution is -2.45. The second-order valence-electron chi connectivity index (χ2n) is 11.8. The van der Waals surface area contributed by atoms with Crippen LogP contribution in [-0.4, -0.2) is 119 Å². The first-order chi connectivity index (χ1) is 26.8. The smallest absolute Gasteiger partial charge is 0.328 e. The van der Waals surface area contributed by atoms with Gasteiger partial charge in [0.1, 0.15) is 5.75 Å². The van der Waals surface area contributed by atoms with Gasteiger partial charge < -0.3 is 39.4 Å². The van der Waals surface area contributed by atoms with Gasteiger partial charge in [0.05, 0.1) is 39.8 Å².